The molecule has 3 N–H and O–H groups in total. The summed E-state index contributed by atoms with van der Waals surface area (Å²) in [6.45, 7) is 8.20. The van der Waals surface area contributed by atoms with Crippen LogP contribution in [0.2, 0.25) is 0 Å². The highest BCUT2D eigenvalue weighted by Gasteiger charge is 2.31. The third-order valence-corrected chi connectivity index (χ3v) is 8.31. The third kappa shape index (κ3) is 4.84. The van der Waals surface area contributed by atoms with Crippen LogP contribution in [-0.4, -0.2) is 75.9 Å². The first-order chi connectivity index (χ1) is 19.5. The molecule has 14 heteroatoms. The predicted molar refractivity (Wildman–Crippen MR) is 153 cm³/mol. The normalized spacial score (nSPS) is 15.9. The molecule has 214 valence electrons. The average molecular weight is 581 g/mol. The number of aromatic amines is 1. The van der Waals surface area contributed by atoms with Gasteiger partial charge in [-0.15, -0.1) is 0 Å². The Labute approximate surface area is 235 Å². The van der Waals surface area contributed by atoms with Gasteiger partial charge in [-0.3, -0.25) is 9.89 Å². The first-order valence-electron chi connectivity index (χ1n) is 12.9. The zero-order valence-corrected chi connectivity index (χ0v) is 23.6. The van der Waals surface area contributed by atoms with Gasteiger partial charge in [0.25, 0.3) is 0 Å². The highest BCUT2D eigenvalue weighted by molar-refractivity contribution is 7.90. The number of nitrogens with two attached hydrogens (primary N) is 1. The topological polar surface area (TPSA) is 160 Å². The highest BCUT2D eigenvalue weighted by atomic mass is 32.2. The molecule has 0 bridgehead atoms. The maximum absolute atomic E-state index is 15.7. The van der Waals surface area contributed by atoms with Crippen molar-refractivity contribution < 1.29 is 17.6 Å². The molecule has 3 aromatic heterocycles. The molecule has 0 radical (unpaired) electrons. The van der Waals surface area contributed by atoms with Gasteiger partial charge in [-0.1, -0.05) is 25.6 Å². The molecule has 1 aliphatic heterocycles. The first-order valence-corrected chi connectivity index (χ1v) is 14.8. The number of fused-ring (bicyclic) bond motifs is 1. The number of nitrogen functional groups attached to an aromatic ring is 1. The van der Waals surface area contributed by atoms with E-state index in [1.807, 2.05) is 18.7 Å². The van der Waals surface area contributed by atoms with Crippen molar-refractivity contribution in [2.45, 2.75) is 31.2 Å². The van der Waals surface area contributed by atoms with E-state index in [0.29, 0.717) is 31.6 Å². The van der Waals surface area contributed by atoms with Gasteiger partial charge in [0.15, 0.2) is 21.3 Å². The van der Waals surface area contributed by atoms with Crippen molar-refractivity contribution in [1.82, 2.24) is 29.6 Å². The zero-order chi connectivity index (χ0) is 29.6. The number of aromatic nitrogens is 5. The second kappa shape index (κ2) is 10.4. The Kier molecular flexibility index (Phi) is 7.11. The first kappa shape index (κ1) is 28.0. The molecule has 4 heterocycles. The van der Waals surface area contributed by atoms with Crippen molar-refractivity contribution in [2.24, 2.45) is 0 Å². The van der Waals surface area contributed by atoms with Crippen LogP contribution < -0.4 is 16.3 Å². The van der Waals surface area contributed by atoms with E-state index in [0.717, 1.165) is 10.8 Å². The molecule has 12 nitrogen and oxygen atoms in total. The summed E-state index contributed by atoms with van der Waals surface area (Å²) < 4.78 is 42.6. The summed E-state index contributed by atoms with van der Waals surface area (Å²) in [6, 6.07) is 5.64. The summed E-state index contributed by atoms with van der Waals surface area (Å²) in [5, 5.41) is 6.67. The molecule has 1 fully saturated rings. The fourth-order valence-electron chi connectivity index (χ4n) is 5.19. The van der Waals surface area contributed by atoms with Crippen molar-refractivity contribution >= 4 is 38.3 Å². The van der Waals surface area contributed by atoms with Gasteiger partial charge in [0, 0.05) is 31.9 Å². The number of rotatable bonds is 6. The second-order valence-corrected chi connectivity index (χ2v) is 11.8. The van der Waals surface area contributed by atoms with Crippen molar-refractivity contribution in [1.29, 1.82) is 0 Å². The van der Waals surface area contributed by atoms with Crippen LogP contribution in [-0.2, 0) is 21.1 Å². The second-order valence-electron chi connectivity index (χ2n) is 9.86. The Morgan fingerprint density at radius 1 is 1.29 bits per heavy atom. The molecular weight excluding hydrogens is 551 g/mol. The largest absolute Gasteiger partial charge is 0.396 e. The molecule has 41 heavy (non-hydrogen) atoms. The summed E-state index contributed by atoms with van der Waals surface area (Å²) in [7, 11) is -3.81. The number of para-hydroxylation sites is 1. The van der Waals surface area contributed by atoms with Crippen LogP contribution >= 0.6 is 0 Å². The number of nitrogens with zero attached hydrogens (tertiary/aromatic N) is 6. The van der Waals surface area contributed by atoms with E-state index in [2.05, 4.69) is 26.7 Å². The quantitative estimate of drug-likeness (QED) is 0.326. The maximum Gasteiger partial charge on any atom is 0.355 e. The fourth-order valence-corrected chi connectivity index (χ4v) is 6.09. The minimum absolute atomic E-state index is 0.00648. The molecular formula is C27H29FN8O4S. The van der Waals surface area contributed by atoms with Gasteiger partial charge in [-0.25, -0.2) is 27.2 Å². The van der Waals surface area contributed by atoms with E-state index in [-0.39, 0.29) is 56.5 Å². The predicted octanol–water partition coefficient (Wildman–Crippen LogP) is 2.08. The van der Waals surface area contributed by atoms with Crippen molar-refractivity contribution in [3.05, 3.63) is 65.0 Å². The molecule has 1 saturated heterocycles. The molecule has 5 rings (SSSR count). The van der Waals surface area contributed by atoms with Gasteiger partial charge in [0.2, 0.25) is 5.91 Å². The minimum atomic E-state index is -3.81. The number of nitrogens with one attached hydrogen (secondary N) is 1. The van der Waals surface area contributed by atoms with E-state index in [4.69, 9.17) is 5.73 Å². The molecule has 1 atom stereocenters. The summed E-state index contributed by atoms with van der Waals surface area (Å²) in [5.41, 5.74) is 5.92. The summed E-state index contributed by atoms with van der Waals surface area (Å²) >= 11 is 0. The summed E-state index contributed by atoms with van der Waals surface area (Å²) in [4.78, 5) is 38.4. The third-order valence-electron chi connectivity index (χ3n) is 7.18. The Balaban J connectivity index is 1.85. The average Bonchev–Trinajstić information content (AvgIpc) is 3.36. The lowest BCUT2D eigenvalue weighted by Gasteiger charge is -2.40. The number of hydrogen-bond donors (Lipinski definition) is 2. The van der Waals surface area contributed by atoms with E-state index in [1.165, 1.54) is 24.4 Å². The number of H-pyrrole nitrogens is 1. The number of sulfone groups is 1. The standard InChI is InChI=1S/C27H29FN8O4S/c1-5-16-8-7-9-20(41(4,39)40)24(16)36-26-17(12-18(28)22(31-26)23-19(29)13-30-33-23)25(32-27(36)38)35-11-10-34(14-15(35)3)21(37)6-2/h6-9,12-13,15H,2,5,10-11,14,29H2,1,3-4H3,(H,30,33)/t15-/m0/s1. The van der Waals surface area contributed by atoms with Gasteiger partial charge in [-0.2, -0.15) is 10.1 Å². The number of anilines is 2. The van der Waals surface area contributed by atoms with Gasteiger partial charge in [-0.05, 0) is 37.1 Å². The van der Waals surface area contributed by atoms with E-state index < -0.39 is 21.3 Å². The van der Waals surface area contributed by atoms with Crippen LogP contribution in [0.5, 0.6) is 0 Å². The fraction of sp³-hybridized carbons (Fsp3) is 0.296. The van der Waals surface area contributed by atoms with Gasteiger partial charge in [0.05, 0.1) is 27.9 Å². The van der Waals surface area contributed by atoms with Crippen LogP contribution in [0.1, 0.15) is 19.4 Å². The van der Waals surface area contributed by atoms with Crippen LogP contribution in [0.25, 0.3) is 28.1 Å². The number of carbonyl (C=O) groups is 1. The lowest BCUT2D eigenvalue weighted by Crippen LogP contribution is -2.54. The molecule has 0 saturated carbocycles. The molecule has 1 amide bonds. The van der Waals surface area contributed by atoms with Gasteiger partial charge < -0.3 is 15.5 Å². The number of amides is 1. The maximum atomic E-state index is 15.7. The molecule has 0 spiro atoms. The number of hydrogen-bond acceptors (Lipinski definition) is 9. The number of pyridine rings is 1. The minimum Gasteiger partial charge on any atom is -0.396 e. The molecule has 1 aromatic carbocycles. The number of piperazine rings is 1. The number of halogens is 1. The smallest absolute Gasteiger partial charge is 0.355 e. The van der Waals surface area contributed by atoms with Crippen LogP contribution in [0, 0.1) is 5.82 Å². The summed E-state index contributed by atoms with van der Waals surface area (Å²) in [5.74, 6) is -0.796. The summed E-state index contributed by atoms with van der Waals surface area (Å²) in [6.07, 6.45) is 4.00. The van der Waals surface area contributed by atoms with Gasteiger partial charge in [0.1, 0.15) is 17.2 Å². The Bertz CT molecular complexity index is 1870. The number of carbonyl (C=O) groups excluding carboxylic acids is 1. The number of benzene rings is 1. The monoisotopic (exact) mass is 580 g/mol. The van der Waals surface area contributed by atoms with E-state index in [1.54, 1.807) is 17.0 Å². The lowest BCUT2D eigenvalue weighted by atomic mass is 10.1. The van der Waals surface area contributed by atoms with Crippen molar-refractivity contribution in [3.63, 3.8) is 0 Å². The Morgan fingerprint density at radius 3 is 2.66 bits per heavy atom. The molecule has 0 unspecified atom stereocenters. The van der Waals surface area contributed by atoms with Gasteiger partial charge >= 0.3 is 5.69 Å². The van der Waals surface area contributed by atoms with Crippen LogP contribution in [0.3, 0.4) is 0 Å². The van der Waals surface area contributed by atoms with E-state index >= 15 is 4.39 Å². The molecule has 4 aromatic rings. The lowest BCUT2D eigenvalue weighted by molar-refractivity contribution is -0.126. The van der Waals surface area contributed by atoms with Crippen LogP contribution in [0.15, 0.2) is 52.8 Å². The Morgan fingerprint density at radius 2 is 2.05 bits per heavy atom. The van der Waals surface area contributed by atoms with Crippen molar-refractivity contribution in [3.8, 4) is 17.1 Å². The zero-order valence-electron chi connectivity index (χ0n) is 22.8. The van der Waals surface area contributed by atoms with Crippen molar-refractivity contribution in [2.75, 3.05) is 36.5 Å². The molecule has 1 aliphatic rings. The Hall–Kier alpha value is -4.59. The SMILES string of the molecule is C=CC(=O)N1CCN(c2nc(=O)n(-c3c(CC)cccc3S(C)(=O)=O)c3nc(-c4[nH]ncc4N)c(F)cc23)[C@@H](C)C1. The highest BCUT2D eigenvalue weighted by Crippen LogP contribution is 2.34. The van der Waals surface area contributed by atoms with Crippen LogP contribution in [0.4, 0.5) is 15.9 Å². The van der Waals surface area contributed by atoms with E-state index in [9.17, 15) is 18.0 Å². The molecule has 0 aliphatic carbocycles. The number of aryl methyl sites for hydroxylation is 1.